The van der Waals surface area contributed by atoms with E-state index in [4.69, 9.17) is 0 Å². The van der Waals surface area contributed by atoms with Gasteiger partial charge in [0.15, 0.2) is 0 Å². The van der Waals surface area contributed by atoms with Gasteiger partial charge in [0.1, 0.15) is 38.1 Å². The van der Waals surface area contributed by atoms with Crippen LogP contribution in [-0.2, 0) is 28.4 Å². The molecule has 3 aliphatic heterocycles. The molecule has 0 aromatic heterocycles. The predicted octanol–water partition coefficient (Wildman–Crippen LogP) is 2.82. The van der Waals surface area contributed by atoms with Gasteiger partial charge in [0.05, 0.1) is 0 Å². The van der Waals surface area contributed by atoms with Crippen LogP contribution in [0.25, 0.3) is 0 Å². The molecule has 0 aromatic carbocycles. The molecule has 0 amide bonds. The number of hydrogen-bond acceptors (Lipinski definition) is 9. The van der Waals surface area contributed by atoms with Crippen molar-refractivity contribution in [3.63, 3.8) is 0 Å². The highest BCUT2D eigenvalue weighted by molar-refractivity contribution is 5.62. The second kappa shape index (κ2) is 12.0. The average Bonchev–Trinajstić information content (AvgIpc) is 3.17. The van der Waals surface area contributed by atoms with Gasteiger partial charge in [0, 0.05) is 0 Å². The van der Waals surface area contributed by atoms with E-state index in [1.54, 1.807) is 26.8 Å². The summed E-state index contributed by atoms with van der Waals surface area (Å²) < 4.78 is 26.7. The van der Waals surface area contributed by atoms with Gasteiger partial charge in [-0.3, -0.25) is 0 Å². The van der Waals surface area contributed by atoms with Crippen molar-refractivity contribution in [3.8, 4) is 0 Å². The van der Waals surface area contributed by atoms with Crippen molar-refractivity contribution in [1.29, 1.82) is 0 Å². The fourth-order valence-corrected chi connectivity index (χ4v) is 1.25. The molecule has 3 aliphatic rings. The highest BCUT2D eigenvalue weighted by Crippen LogP contribution is 2.04. The zero-order valence-electron chi connectivity index (χ0n) is 14.3. The molecule has 0 saturated carbocycles. The fourth-order valence-electron chi connectivity index (χ4n) is 1.25. The SMILES string of the molecule is C=CC.CC1COC(=O)O1.CC1COC(=O)O1.CC1COC(=O)O1. The quantitative estimate of drug-likeness (QED) is 0.371. The lowest BCUT2D eigenvalue weighted by molar-refractivity contribution is 0.120. The van der Waals surface area contributed by atoms with E-state index in [0.29, 0.717) is 19.8 Å². The largest absolute Gasteiger partial charge is 0.508 e. The van der Waals surface area contributed by atoms with E-state index in [9.17, 15) is 14.4 Å². The number of rotatable bonds is 0. The molecule has 0 N–H and O–H groups in total. The third-order valence-electron chi connectivity index (χ3n) is 2.20. The van der Waals surface area contributed by atoms with Gasteiger partial charge in [-0.1, -0.05) is 6.08 Å². The van der Waals surface area contributed by atoms with Crippen LogP contribution in [0.5, 0.6) is 0 Å². The molecule has 9 heteroatoms. The molecule has 0 radical (unpaired) electrons. The van der Waals surface area contributed by atoms with Crippen LogP contribution in [0.1, 0.15) is 27.7 Å². The van der Waals surface area contributed by atoms with Crippen LogP contribution in [0.2, 0.25) is 0 Å². The first-order valence-corrected chi connectivity index (χ1v) is 7.35. The molecular formula is C15H24O9. The molecule has 0 aliphatic carbocycles. The van der Waals surface area contributed by atoms with E-state index in [2.05, 4.69) is 35.0 Å². The van der Waals surface area contributed by atoms with E-state index < -0.39 is 18.5 Å². The molecule has 0 bridgehead atoms. The van der Waals surface area contributed by atoms with Crippen molar-refractivity contribution in [2.24, 2.45) is 0 Å². The standard InChI is InChI=1S/3C4H6O3.C3H6/c3*1-3-2-6-4(5)7-3;1-3-2/h3*3H,2H2,1H3;3H,1H2,2H3. The average molecular weight is 348 g/mol. The molecule has 9 nitrogen and oxygen atoms in total. The molecule has 3 fully saturated rings. The summed E-state index contributed by atoms with van der Waals surface area (Å²) in [4.78, 5) is 30.0. The summed E-state index contributed by atoms with van der Waals surface area (Å²) in [5, 5.41) is 0. The number of ether oxygens (including phenoxy) is 6. The summed E-state index contributed by atoms with van der Waals surface area (Å²) in [6.07, 6.45) is -0.0417. The lowest BCUT2D eigenvalue weighted by Gasteiger charge is -1.90. The normalized spacial score (nSPS) is 26.2. The maximum absolute atomic E-state index is 10.0. The van der Waals surface area contributed by atoms with Gasteiger partial charge in [-0.25, -0.2) is 14.4 Å². The van der Waals surface area contributed by atoms with E-state index in [1.807, 2.05) is 6.92 Å². The van der Waals surface area contributed by atoms with Crippen LogP contribution >= 0.6 is 0 Å². The minimum Gasteiger partial charge on any atom is -0.430 e. The van der Waals surface area contributed by atoms with Gasteiger partial charge in [-0.2, -0.15) is 0 Å². The Labute approximate surface area is 140 Å². The van der Waals surface area contributed by atoms with Crippen molar-refractivity contribution < 1.29 is 42.8 Å². The van der Waals surface area contributed by atoms with Crippen molar-refractivity contribution in [1.82, 2.24) is 0 Å². The van der Waals surface area contributed by atoms with Crippen molar-refractivity contribution in [2.45, 2.75) is 46.0 Å². The lowest BCUT2D eigenvalue weighted by atomic mass is 10.5. The van der Waals surface area contributed by atoms with Gasteiger partial charge in [0.25, 0.3) is 0 Å². The maximum Gasteiger partial charge on any atom is 0.508 e. The minimum absolute atomic E-state index is 0.0486. The highest BCUT2D eigenvalue weighted by atomic mass is 16.8. The van der Waals surface area contributed by atoms with Crippen molar-refractivity contribution in [3.05, 3.63) is 12.7 Å². The van der Waals surface area contributed by atoms with Crippen molar-refractivity contribution >= 4 is 18.5 Å². The summed E-state index contributed by atoms with van der Waals surface area (Å²) in [6, 6.07) is 0. The second-order valence-corrected chi connectivity index (χ2v) is 4.88. The minimum atomic E-state index is -0.549. The van der Waals surface area contributed by atoms with Crippen LogP contribution in [0.3, 0.4) is 0 Å². The molecule has 3 atom stereocenters. The van der Waals surface area contributed by atoms with Crippen LogP contribution in [-0.4, -0.2) is 56.6 Å². The van der Waals surface area contributed by atoms with Gasteiger partial charge in [-0.05, 0) is 27.7 Å². The first-order valence-electron chi connectivity index (χ1n) is 7.35. The Kier molecular flexibility index (Phi) is 10.8. The van der Waals surface area contributed by atoms with Gasteiger partial charge in [0.2, 0.25) is 0 Å². The molecule has 138 valence electrons. The summed E-state index contributed by atoms with van der Waals surface area (Å²) in [7, 11) is 0. The Bertz CT molecular complexity index is 364. The molecule has 3 saturated heterocycles. The first kappa shape index (κ1) is 21.6. The van der Waals surface area contributed by atoms with Gasteiger partial charge >= 0.3 is 18.5 Å². The first-order chi connectivity index (χ1) is 11.3. The van der Waals surface area contributed by atoms with E-state index in [0.717, 1.165) is 0 Å². The molecular weight excluding hydrogens is 324 g/mol. The number of carbonyl (C=O) groups is 3. The number of allylic oxidation sites excluding steroid dienone is 1. The molecule has 0 aromatic rings. The molecule has 3 unspecified atom stereocenters. The summed E-state index contributed by atoms with van der Waals surface area (Å²) in [5.74, 6) is 0. The van der Waals surface area contributed by atoms with E-state index >= 15 is 0 Å². The molecule has 0 spiro atoms. The molecule has 24 heavy (non-hydrogen) atoms. The summed E-state index contributed by atoms with van der Waals surface area (Å²) in [5.41, 5.74) is 0. The monoisotopic (exact) mass is 348 g/mol. The topological polar surface area (TPSA) is 107 Å². The second-order valence-electron chi connectivity index (χ2n) is 4.88. The van der Waals surface area contributed by atoms with Crippen LogP contribution in [0.4, 0.5) is 14.4 Å². The Morgan fingerprint density at radius 1 is 0.750 bits per heavy atom. The van der Waals surface area contributed by atoms with Crippen LogP contribution in [0, 0.1) is 0 Å². The smallest absolute Gasteiger partial charge is 0.430 e. The van der Waals surface area contributed by atoms with E-state index in [1.165, 1.54) is 0 Å². The van der Waals surface area contributed by atoms with Crippen LogP contribution in [0.15, 0.2) is 12.7 Å². The number of carbonyl (C=O) groups excluding carboxylic acids is 3. The Morgan fingerprint density at radius 3 is 1.00 bits per heavy atom. The zero-order chi connectivity index (χ0) is 18.5. The molecule has 3 rings (SSSR count). The van der Waals surface area contributed by atoms with Gasteiger partial charge in [-0.15, -0.1) is 6.58 Å². The zero-order valence-corrected chi connectivity index (χ0v) is 14.3. The van der Waals surface area contributed by atoms with Crippen molar-refractivity contribution in [2.75, 3.05) is 19.8 Å². The third kappa shape index (κ3) is 11.2. The van der Waals surface area contributed by atoms with E-state index in [-0.39, 0.29) is 18.3 Å². The Hall–Kier alpha value is -2.45. The molecule has 3 heterocycles. The maximum atomic E-state index is 10.0. The summed E-state index contributed by atoms with van der Waals surface area (Å²) >= 11 is 0. The third-order valence-corrected chi connectivity index (χ3v) is 2.20. The Balaban J connectivity index is 0.000000306. The van der Waals surface area contributed by atoms with Crippen LogP contribution < -0.4 is 0 Å². The number of hydrogen-bond donors (Lipinski definition) is 0. The highest BCUT2D eigenvalue weighted by Gasteiger charge is 2.20. The Morgan fingerprint density at radius 2 is 0.958 bits per heavy atom. The fraction of sp³-hybridized carbons (Fsp3) is 0.667. The predicted molar refractivity (Wildman–Crippen MR) is 81.6 cm³/mol. The van der Waals surface area contributed by atoms with Gasteiger partial charge < -0.3 is 28.4 Å². The summed E-state index contributed by atoms with van der Waals surface area (Å²) in [6.45, 7) is 11.8. The lowest BCUT2D eigenvalue weighted by Crippen LogP contribution is -2.01. The number of cyclic esters (lactones) is 6.